The lowest BCUT2D eigenvalue weighted by Gasteiger charge is -2.37. The Bertz CT molecular complexity index is 276. The first kappa shape index (κ1) is 12.9. The molecule has 1 fully saturated rings. The molecule has 0 aromatic heterocycles. The van der Waals surface area contributed by atoms with Gasteiger partial charge >= 0.3 is 11.9 Å². The van der Waals surface area contributed by atoms with Crippen molar-refractivity contribution in [3.8, 4) is 0 Å². The normalized spacial score (nSPS) is 34.2. The molecule has 6 heteroatoms. The van der Waals surface area contributed by atoms with E-state index in [1.165, 1.54) is 13.8 Å². The number of esters is 2. The molecule has 1 rings (SSSR count). The van der Waals surface area contributed by atoms with E-state index >= 15 is 0 Å². The third kappa shape index (κ3) is 3.46. The third-order valence-corrected chi connectivity index (χ3v) is 2.25. The van der Waals surface area contributed by atoms with Crippen molar-refractivity contribution in [1.29, 1.82) is 0 Å². The Morgan fingerprint density at radius 3 is 2.31 bits per heavy atom. The summed E-state index contributed by atoms with van der Waals surface area (Å²) in [6, 6.07) is 0. The van der Waals surface area contributed by atoms with Crippen LogP contribution in [0.1, 0.15) is 27.2 Å². The van der Waals surface area contributed by atoms with Crippen LogP contribution in [0.15, 0.2) is 0 Å². The van der Waals surface area contributed by atoms with Crippen LogP contribution in [0.3, 0.4) is 0 Å². The topological polar surface area (TPSA) is 82.1 Å². The molecule has 1 heterocycles. The molecule has 1 saturated heterocycles. The lowest BCUT2D eigenvalue weighted by atomic mass is 10.0. The number of ether oxygens (including phenoxy) is 3. The maximum Gasteiger partial charge on any atom is 0.303 e. The predicted molar refractivity (Wildman–Crippen MR) is 52.3 cm³/mol. The molecular formula is C10H16O6. The molecule has 0 radical (unpaired) electrons. The van der Waals surface area contributed by atoms with Crippen LogP contribution in [0, 0.1) is 0 Å². The molecule has 4 atom stereocenters. The number of aliphatic hydroxyl groups is 1. The summed E-state index contributed by atoms with van der Waals surface area (Å²) in [7, 11) is 0. The van der Waals surface area contributed by atoms with Crippen LogP contribution in [0.4, 0.5) is 0 Å². The Labute approximate surface area is 93.5 Å². The molecule has 0 bridgehead atoms. The van der Waals surface area contributed by atoms with E-state index in [1.807, 2.05) is 0 Å². The van der Waals surface area contributed by atoms with Crippen LogP contribution < -0.4 is 0 Å². The molecule has 0 aromatic carbocycles. The zero-order valence-electron chi connectivity index (χ0n) is 9.50. The number of carbonyl (C=O) groups excluding carboxylic acids is 2. The Balaban J connectivity index is 2.71. The van der Waals surface area contributed by atoms with E-state index in [2.05, 4.69) is 0 Å². The van der Waals surface area contributed by atoms with Crippen molar-refractivity contribution in [2.75, 3.05) is 0 Å². The summed E-state index contributed by atoms with van der Waals surface area (Å²) in [5, 5.41) is 9.36. The summed E-state index contributed by atoms with van der Waals surface area (Å²) in [6.45, 7) is 4.17. The molecule has 0 amide bonds. The van der Waals surface area contributed by atoms with Crippen LogP contribution in [-0.2, 0) is 23.8 Å². The fourth-order valence-electron chi connectivity index (χ4n) is 1.71. The van der Waals surface area contributed by atoms with E-state index in [1.54, 1.807) is 6.92 Å². The van der Waals surface area contributed by atoms with E-state index in [-0.39, 0.29) is 6.42 Å². The Hall–Kier alpha value is -1.14. The van der Waals surface area contributed by atoms with Gasteiger partial charge in [-0.3, -0.25) is 9.59 Å². The van der Waals surface area contributed by atoms with Crippen molar-refractivity contribution in [2.24, 2.45) is 0 Å². The Morgan fingerprint density at radius 1 is 1.25 bits per heavy atom. The van der Waals surface area contributed by atoms with Crippen LogP contribution in [0.25, 0.3) is 0 Å². The van der Waals surface area contributed by atoms with Crippen molar-refractivity contribution < 1.29 is 28.9 Å². The molecule has 1 aliphatic rings. The van der Waals surface area contributed by atoms with E-state index in [0.29, 0.717) is 0 Å². The van der Waals surface area contributed by atoms with E-state index < -0.39 is 36.5 Å². The summed E-state index contributed by atoms with van der Waals surface area (Å²) in [6.07, 6.45) is -2.77. The van der Waals surface area contributed by atoms with Gasteiger partial charge in [0.25, 0.3) is 0 Å². The van der Waals surface area contributed by atoms with Crippen molar-refractivity contribution in [2.45, 2.75) is 51.8 Å². The van der Waals surface area contributed by atoms with Gasteiger partial charge in [0.15, 0.2) is 12.4 Å². The molecule has 0 aromatic rings. The number of hydrogen-bond acceptors (Lipinski definition) is 6. The molecular weight excluding hydrogens is 216 g/mol. The molecule has 3 unspecified atom stereocenters. The van der Waals surface area contributed by atoms with Gasteiger partial charge in [0.2, 0.25) is 0 Å². The van der Waals surface area contributed by atoms with Gasteiger partial charge in [-0.25, -0.2) is 0 Å². The highest BCUT2D eigenvalue weighted by atomic mass is 16.7. The number of aliphatic hydroxyl groups excluding tert-OH is 1. The highest BCUT2D eigenvalue weighted by Crippen LogP contribution is 2.24. The van der Waals surface area contributed by atoms with Gasteiger partial charge < -0.3 is 19.3 Å². The predicted octanol–water partition coefficient (Wildman–Crippen LogP) is -0.0230. The van der Waals surface area contributed by atoms with Crippen LogP contribution in [0.5, 0.6) is 0 Å². The van der Waals surface area contributed by atoms with E-state index in [4.69, 9.17) is 14.2 Å². The minimum absolute atomic E-state index is 0.0991. The minimum atomic E-state index is -1.01. The van der Waals surface area contributed by atoms with Gasteiger partial charge in [0.05, 0.1) is 6.10 Å². The first-order valence-electron chi connectivity index (χ1n) is 5.08. The van der Waals surface area contributed by atoms with Crippen molar-refractivity contribution in [3.63, 3.8) is 0 Å². The molecule has 0 saturated carbocycles. The van der Waals surface area contributed by atoms with Gasteiger partial charge in [-0.05, 0) is 6.92 Å². The summed E-state index contributed by atoms with van der Waals surface area (Å²) >= 11 is 0. The number of hydrogen-bond donors (Lipinski definition) is 1. The second-order valence-corrected chi connectivity index (χ2v) is 3.75. The van der Waals surface area contributed by atoms with Crippen molar-refractivity contribution in [1.82, 2.24) is 0 Å². The molecule has 0 aliphatic carbocycles. The maximum absolute atomic E-state index is 10.9. The monoisotopic (exact) mass is 232 g/mol. The van der Waals surface area contributed by atoms with E-state index in [0.717, 1.165) is 0 Å². The van der Waals surface area contributed by atoms with Crippen LogP contribution >= 0.6 is 0 Å². The highest BCUT2D eigenvalue weighted by molar-refractivity contribution is 5.67. The molecule has 0 spiro atoms. The third-order valence-electron chi connectivity index (χ3n) is 2.25. The molecule has 6 nitrogen and oxygen atoms in total. The van der Waals surface area contributed by atoms with Gasteiger partial charge in [0, 0.05) is 20.3 Å². The molecule has 1 aliphatic heterocycles. The minimum Gasteiger partial charge on any atom is -0.458 e. The fourth-order valence-corrected chi connectivity index (χ4v) is 1.71. The maximum atomic E-state index is 10.9. The SMILES string of the molecule is CC(=O)OC1C[C@H](O)OC(C)C1OC(C)=O. The van der Waals surface area contributed by atoms with Gasteiger partial charge in [0.1, 0.15) is 6.10 Å². The lowest BCUT2D eigenvalue weighted by Crippen LogP contribution is -2.50. The van der Waals surface area contributed by atoms with Crippen LogP contribution in [-0.4, -0.2) is 41.6 Å². The molecule has 16 heavy (non-hydrogen) atoms. The van der Waals surface area contributed by atoms with Gasteiger partial charge in [-0.15, -0.1) is 0 Å². The van der Waals surface area contributed by atoms with Gasteiger partial charge in [-0.2, -0.15) is 0 Å². The van der Waals surface area contributed by atoms with Crippen molar-refractivity contribution in [3.05, 3.63) is 0 Å². The standard InChI is InChI=1S/C10H16O6/c1-5-10(16-7(3)12)8(15-6(2)11)4-9(13)14-5/h5,8-10,13H,4H2,1-3H3/t5?,8?,9-,10?/m1/s1. The quantitative estimate of drug-likeness (QED) is 0.674. The zero-order chi connectivity index (χ0) is 12.3. The largest absolute Gasteiger partial charge is 0.458 e. The fraction of sp³-hybridized carbons (Fsp3) is 0.800. The second kappa shape index (κ2) is 5.27. The first-order chi connectivity index (χ1) is 7.40. The molecule has 92 valence electrons. The highest BCUT2D eigenvalue weighted by Gasteiger charge is 2.40. The van der Waals surface area contributed by atoms with Crippen LogP contribution in [0.2, 0.25) is 0 Å². The average molecular weight is 232 g/mol. The van der Waals surface area contributed by atoms with E-state index in [9.17, 15) is 14.7 Å². The summed E-state index contributed by atoms with van der Waals surface area (Å²) in [5.41, 5.74) is 0. The zero-order valence-corrected chi connectivity index (χ0v) is 9.50. The summed E-state index contributed by atoms with van der Waals surface area (Å²) in [4.78, 5) is 21.8. The smallest absolute Gasteiger partial charge is 0.303 e. The lowest BCUT2D eigenvalue weighted by molar-refractivity contribution is -0.241. The van der Waals surface area contributed by atoms with Crippen molar-refractivity contribution >= 4 is 11.9 Å². The van der Waals surface area contributed by atoms with Gasteiger partial charge in [-0.1, -0.05) is 0 Å². The Kier molecular flexibility index (Phi) is 4.26. The second-order valence-electron chi connectivity index (χ2n) is 3.75. The molecule has 1 N–H and O–H groups in total. The summed E-state index contributed by atoms with van der Waals surface area (Å²) < 4.78 is 15.1. The number of carbonyl (C=O) groups is 2. The summed E-state index contributed by atoms with van der Waals surface area (Å²) in [5.74, 6) is -0.961. The number of rotatable bonds is 2. The average Bonchev–Trinajstić information content (AvgIpc) is 2.09. The first-order valence-corrected chi connectivity index (χ1v) is 5.08. The Morgan fingerprint density at radius 2 is 1.81 bits per heavy atom.